The molecule has 1 heterocycles. The number of carbonyl (C=O) groups is 1. The van der Waals surface area contributed by atoms with E-state index in [2.05, 4.69) is 16.8 Å². The summed E-state index contributed by atoms with van der Waals surface area (Å²) in [6, 6.07) is 17.3. The molecule has 0 N–H and O–H groups in total. The van der Waals surface area contributed by atoms with Crippen LogP contribution in [0, 0.1) is 0 Å². The number of carbonyl (C=O) groups excluding carboxylic acids is 1. The van der Waals surface area contributed by atoms with Gasteiger partial charge in [-0.05, 0) is 19.1 Å². The largest absolute Gasteiger partial charge is 0.492 e. The molecule has 0 aliphatic rings. The van der Waals surface area contributed by atoms with Crippen LogP contribution in [0.25, 0.3) is 11.4 Å². The molecule has 0 radical (unpaired) electrons. The molecule has 6 heteroatoms. The summed E-state index contributed by atoms with van der Waals surface area (Å²) in [5.41, 5.74) is 1.62. The molecule has 0 aliphatic carbocycles. The van der Waals surface area contributed by atoms with E-state index in [9.17, 15) is 4.79 Å². The molecule has 0 saturated carbocycles. The number of para-hydroxylation sites is 1. The molecule has 2 aromatic carbocycles. The monoisotopic (exact) mass is 379 g/mol. The van der Waals surface area contributed by atoms with Crippen molar-refractivity contribution >= 4 is 17.5 Å². The number of Topliss-reactive ketones (excluding diaryl/α,β-unsaturated/α-hetero) is 1. The molecule has 1 aromatic heterocycles. The zero-order chi connectivity index (χ0) is 19.1. The third-order valence-corrected chi connectivity index (χ3v) is 4.83. The summed E-state index contributed by atoms with van der Waals surface area (Å²) < 4.78 is 7.83. The van der Waals surface area contributed by atoms with E-state index < -0.39 is 0 Å². The Morgan fingerprint density at radius 3 is 2.63 bits per heavy atom. The van der Waals surface area contributed by atoms with Gasteiger partial charge in [0.25, 0.3) is 0 Å². The van der Waals surface area contributed by atoms with Crippen LogP contribution in [0.5, 0.6) is 5.75 Å². The molecule has 138 valence electrons. The summed E-state index contributed by atoms with van der Waals surface area (Å²) in [7, 11) is 0. The van der Waals surface area contributed by atoms with Gasteiger partial charge in [-0.3, -0.25) is 9.36 Å². The van der Waals surface area contributed by atoms with E-state index in [4.69, 9.17) is 4.74 Å². The molecule has 5 nitrogen and oxygen atoms in total. The number of rotatable bonds is 9. The number of hydrogen-bond acceptors (Lipinski definition) is 5. The van der Waals surface area contributed by atoms with Gasteiger partial charge in [-0.1, -0.05) is 60.3 Å². The summed E-state index contributed by atoms with van der Waals surface area (Å²) in [5.74, 6) is 2.12. The molecule has 0 fully saturated rings. The van der Waals surface area contributed by atoms with Crippen molar-refractivity contribution in [1.82, 2.24) is 14.8 Å². The quantitative estimate of drug-likeness (QED) is 0.237. The summed E-state index contributed by atoms with van der Waals surface area (Å²) >= 11 is 1.57. The SMILES string of the molecule is C=CCn1c(SCCOc2ccccc2C(C)=O)nnc1-c1ccccc1. The Hall–Kier alpha value is -2.86. The number of aromatic nitrogens is 3. The molecule has 0 saturated heterocycles. The van der Waals surface area contributed by atoms with Crippen molar-refractivity contribution in [3.8, 4) is 17.1 Å². The minimum atomic E-state index is -0.00326. The maximum Gasteiger partial charge on any atom is 0.191 e. The molecule has 3 rings (SSSR count). The number of nitrogens with zero attached hydrogens (tertiary/aromatic N) is 3. The van der Waals surface area contributed by atoms with Gasteiger partial charge < -0.3 is 4.74 Å². The highest BCUT2D eigenvalue weighted by atomic mass is 32.2. The Balaban J connectivity index is 1.66. The Bertz CT molecular complexity index is 922. The molecule has 0 amide bonds. The van der Waals surface area contributed by atoms with Crippen molar-refractivity contribution in [1.29, 1.82) is 0 Å². The van der Waals surface area contributed by atoms with Gasteiger partial charge in [-0.25, -0.2) is 0 Å². The van der Waals surface area contributed by atoms with Crippen molar-refractivity contribution in [2.45, 2.75) is 18.6 Å². The molecular formula is C21H21N3O2S. The van der Waals surface area contributed by atoms with E-state index in [0.29, 0.717) is 30.2 Å². The molecule has 27 heavy (non-hydrogen) atoms. The maximum atomic E-state index is 11.7. The molecular weight excluding hydrogens is 358 g/mol. The number of benzene rings is 2. The van der Waals surface area contributed by atoms with Crippen LogP contribution in [0.2, 0.25) is 0 Å². The summed E-state index contributed by atoms with van der Waals surface area (Å²) in [4.78, 5) is 11.7. The second kappa shape index (κ2) is 9.19. The van der Waals surface area contributed by atoms with Crippen molar-refractivity contribution in [2.75, 3.05) is 12.4 Å². The smallest absolute Gasteiger partial charge is 0.191 e. The fourth-order valence-electron chi connectivity index (χ4n) is 2.66. The van der Waals surface area contributed by atoms with E-state index in [0.717, 1.165) is 16.5 Å². The van der Waals surface area contributed by atoms with Gasteiger partial charge >= 0.3 is 0 Å². The third kappa shape index (κ3) is 4.65. The Kier molecular flexibility index (Phi) is 6.44. The van der Waals surface area contributed by atoms with Crippen molar-refractivity contribution in [3.63, 3.8) is 0 Å². The summed E-state index contributed by atoms with van der Waals surface area (Å²) in [6.45, 7) is 6.47. The summed E-state index contributed by atoms with van der Waals surface area (Å²) in [6.07, 6.45) is 1.83. The third-order valence-electron chi connectivity index (χ3n) is 3.90. The first kappa shape index (κ1) is 18.9. The molecule has 3 aromatic rings. The zero-order valence-corrected chi connectivity index (χ0v) is 16.0. The predicted octanol–water partition coefficient (Wildman–Crippen LogP) is 4.50. The lowest BCUT2D eigenvalue weighted by molar-refractivity contribution is 0.101. The zero-order valence-electron chi connectivity index (χ0n) is 15.2. The lowest BCUT2D eigenvalue weighted by atomic mass is 10.1. The second-order valence-corrected chi connectivity index (χ2v) is 6.88. The van der Waals surface area contributed by atoms with Gasteiger partial charge in [0.15, 0.2) is 16.8 Å². The Labute approximate surface area is 163 Å². The van der Waals surface area contributed by atoms with Crippen LogP contribution < -0.4 is 4.74 Å². The molecule has 0 atom stereocenters. The van der Waals surface area contributed by atoms with Gasteiger partial charge in [0.05, 0.1) is 12.2 Å². The van der Waals surface area contributed by atoms with E-state index in [1.54, 1.807) is 24.8 Å². The highest BCUT2D eigenvalue weighted by Crippen LogP contribution is 2.24. The van der Waals surface area contributed by atoms with Crippen molar-refractivity contribution < 1.29 is 9.53 Å². The van der Waals surface area contributed by atoms with Crippen molar-refractivity contribution in [2.24, 2.45) is 0 Å². The second-order valence-electron chi connectivity index (χ2n) is 5.82. The predicted molar refractivity (Wildman–Crippen MR) is 108 cm³/mol. The van der Waals surface area contributed by atoms with Crippen LogP contribution in [0.4, 0.5) is 0 Å². The van der Waals surface area contributed by atoms with Gasteiger partial charge in [0.2, 0.25) is 0 Å². The van der Waals surface area contributed by atoms with E-state index in [1.165, 1.54) is 0 Å². The van der Waals surface area contributed by atoms with Gasteiger partial charge in [-0.15, -0.1) is 16.8 Å². The first-order chi connectivity index (χ1) is 13.2. The highest BCUT2D eigenvalue weighted by Gasteiger charge is 2.13. The first-order valence-corrected chi connectivity index (χ1v) is 9.64. The molecule has 0 unspecified atom stereocenters. The van der Waals surface area contributed by atoms with E-state index in [1.807, 2.05) is 59.2 Å². The average molecular weight is 379 g/mol. The van der Waals surface area contributed by atoms with Crippen LogP contribution in [-0.4, -0.2) is 32.9 Å². The van der Waals surface area contributed by atoms with Gasteiger partial charge in [0, 0.05) is 17.9 Å². The summed E-state index contributed by atoms with van der Waals surface area (Å²) in [5, 5.41) is 9.47. The number of allylic oxidation sites excluding steroid dienone is 1. The van der Waals surface area contributed by atoms with Crippen LogP contribution in [-0.2, 0) is 6.54 Å². The highest BCUT2D eigenvalue weighted by molar-refractivity contribution is 7.99. The fraction of sp³-hybridized carbons (Fsp3) is 0.190. The van der Waals surface area contributed by atoms with Crippen LogP contribution >= 0.6 is 11.8 Å². The minimum Gasteiger partial charge on any atom is -0.492 e. The number of hydrogen-bond donors (Lipinski definition) is 0. The lowest BCUT2D eigenvalue weighted by Gasteiger charge is -2.10. The van der Waals surface area contributed by atoms with E-state index >= 15 is 0 Å². The average Bonchev–Trinajstić information content (AvgIpc) is 3.09. The number of ketones is 1. The van der Waals surface area contributed by atoms with Gasteiger partial charge in [-0.2, -0.15) is 0 Å². The normalized spacial score (nSPS) is 10.6. The van der Waals surface area contributed by atoms with Crippen LogP contribution in [0.15, 0.2) is 72.4 Å². The van der Waals surface area contributed by atoms with E-state index in [-0.39, 0.29) is 5.78 Å². The molecule has 0 aliphatic heterocycles. The lowest BCUT2D eigenvalue weighted by Crippen LogP contribution is -2.06. The number of thioether (sulfide) groups is 1. The fourth-order valence-corrected chi connectivity index (χ4v) is 3.42. The Morgan fingerprint density at radius 2 is 1.89 bits per heavy atom. The maximum absolute atomic E-state index is 11.7. The molecule has 0 bridgehead atoms. The van der Waals surface area contributed by atoms with Crippen LogP contribution in [0.3, 0.4) is 0 Å². The molecule has 0 spiro atoms. The first-order valence-electron chi connectivity index (χ1n) is 8.65. The van der Waals surface area contributed by atoms with Crippen LogP contribution in [0.1, 0.15) is 17.3 Å². The number of ether oxygens (including phenoxy) is 1. The topological polar surface area (TPSA) is 57.0 Å². The van der Waals surface area contributed by atoms with Crippen molar-refractivity contribution in [3.05, 3.63) is 72.8 Å². The standard InChI is InChI=1S/C21H21N3O2S/c1-3-13-24-20(17-9-5-4-6-10-17)22-23-21(24)27-15-14-26-19-12-8-7-11-18(19)16(2)25/h3-12H,1,13-15H2,2H3. The minimum absolute atomic E-state index is 0.00326. The Morgan fingerprint density at radius 1 is 1.15 bits per heavy atom. The van der Waals surface area contributed by atoms with Gasteiger partial charge in [0.1, 0.15) is 5.75 Å².